The lowest BCUT2D eigenvalue weighted by Gasteiger charge is -2.27. The second-order valence-electron chi connectivity index (χ2n) is 8.55. The largest absolute Gasteiger partial charge is 0.349 e. The van der Waals surface area contributed by atoms with Crippen LogP contribution in [0, 0.1) is 5.92 Å². The molecule has 33 heavy (non-hydrogen) atoms. The van der Waals surface area contributed by atoms with Crippen molar-refractivity contribution in [2.75, 3.05) is 29.4 Å². The lowest BCUT2D eigenvalue weighted by molar-refractivity contribution is -0.119. The van der Waals surface area contributed by atoms with Crippen molar-refractivity contribution in [1.82, 2.24) is 15.3 Å². The number of anilines is 2. The normalized spacial score (nSPS) is 18.9. The van der Waals surface area contributed by atoms with Gasteiger partial charge in [-0.1, -0.05) is 11.6 Å². The summed E-state index contributed by atoms with van der Waals surface area (Å²) in [5.74, 6) is 0.0766. The first kappa shape index (κ1) is 21.5. The van der Waals surface area contributed by atoms with Crippen molar-refractivity contribution < 1.29 is 14.4 Å². The maximum atomic E-state index is 12.6. The predicted octanol–water partition coefficient (Wildman–Crippen LogP) is 3.52. The lowest BCUT2D eigenvalue weighted by Crippen LogP contribution is -2.35. The van der Waals surface area contributed by atoms with Gasteiger partial charge < -0.3 is 20.1 Å². The van der Waals surface area contributed by atoms with Gasteiger partial charge in [-0.05, 0) is 55.3 Å². The Morgan fingerprint density at radius 3 is 2.58 bits per heavy atom. The molecule has 1 unspecified atom stereocenters. The Bertz CT molecular complexity index is 1220. The molecule has 2 fully saturated rings. The van der Waals surface area contributed by atoms with Crippen LogP contribution in [0.25, 0.3) is 11.0 Å². The number of piperidine rings is 1. The third-order valence-corrected chi connectivity index (χ3v) is 6.45. The van der Waals surface area contributed by atoms with Gasteiger partial charge in [-0.25, -0.2) is 4.98 Å². The first-order chi connectivity index (χ1) is 16.0. The number of benzene rings is 2. The van der Waals surface area contributed by atoms with Crippen LogP contribution in [0.2, 0.25) is 5.02 Å². The molecule has 9 heteroatoms. The number of fused-ring (bicyclic) bond motifs is 1. The zero-order valence-electron chi connectivity index (χ0n) is 18.0. The molecule has 5 rings (SSSR count). The molecule has 2 aromatic carbocycles. The molecule has 0 bridgehead atoms. The summed E-state index contributed by atoms with van der Waals surface area (Å²) in [7, 11) is 0. The van der Waals surface area contributed by atoms with E-state index in [4.69, 9.17) is 11.6 Å². The van der Waals surface area contributed by atoms with Gasteiger partial charge in [0, 0.05) is 54.8 Å². The first-order valence-electron chi connectivity index (χ1n) is 11.1. The lowest BCUT2D eigenvalue weighted by atomic mass is 10.1. The van der Waals surface area contributed by atoms with Gasteiger partial charge in [0.25, 0.3) is 5.91 Å². The van der Waals surface area contributed by atoms with E-state index in [1.165, 1.54) is 0 Å². The van der Waals surface area contributed by atoms with Crippen molar-refractivity contribution in [2.24, 2.45) is 5.92 Å². The van der Waals surface area contributed by atoms with E-state index in [2.05, 4.69) is 15.3 Å². The van der Waals surface area contributed by atoms with Crippen LogP contribution in [-0.4, -0.2) is 47.3 Å². The Morgan fingerprint density at radius 1 is 1.06 bits per heavy atom. The van der Waals surface area contributed by atoms with E-state index in [1.807, 2.05) is 29.2 Å². The van der Waals surface area contributed by atoms with Crippen molar-refractivity contribution in [3.05, 3.63) is 53.3 Å². The van der Waals surface area contributed by atoms with Crippen LogP contribution in [0.15, 0.2) is 42.5 Å². The summed E-state index contributed by atoms with van der Waals surface area (Å²) < 4.78 is 0. The monoisotopic (exact) mass is 465 g/mol. The van der Waals surface area contributed by atoms with Crippen molar-refractivity contribution in [1.29, 1.82) is 0 Å². The molecule has 8 nitrogen and oxygen atoms in total. The predicted molar refractivity (Wildman–Crippen MR) is 127 cm³/mol. The molecular weight excluding hydrogens is 442 g/mol. The van der Waals surface area contributed by atoms with Gasteiger partial charge >= 0.3 is 0 Å². The Labute approximate surface area is 195 Å². The third kappa shape index (κ3) is 4.43. The van der Waals surface area contributed by atoms with Gasteiger partial charge in [0.15, 0.2) is 5.82 Å². The average molecular weight is 466 g/mol. The number of nitrogens with one attached hydrogen (secondary N) is 2. The molecule has 3 heterocycles. The van der Waals surface area contributed by atoms with Gasteiger partial charge in [-0.15, -0.1) is 0 Å². The van der Waals surface area contributed by atoms with Crippen LogP contribution < -0.4 is 15.1 Å². The van der Waals surface area contributed by atoms with Crippen molar-refractivity contribution in [2.45, 2.75) is 25.7 Å². The number of carbonyl (C=O) groups excluding carboxylic acids is 3. The van der Waals surface area contributed by atoms with Gasteiger partial charge in [0.2, 0.25) is 11.8 Å². The highest BCUT2D eigenvalue weighted by atomic mass is 35.5. The van der Waals surface area contributed by atoms with E-state index in [0.717, 1.165) is 30.8 Å². The molecule has 1 aromatic heterocycles. The smallest absolute Gasteiger partial charge is 0.287 e. The number of H-pyrrole nitrogens is 1. The molecule has 0 saturated carbocycles. The zero-order valence-corrected chi connectivity index (χ0v) is 18.8. The van der Waals surface area contributed by atoms with Crippen LogP contribution in [0.3, 0.4) is 0 Å². The highest BCUT2D eigenvalue weighted by Gasteiger charge is 2.31. The standard InChI is InChI=1S/C24H24ClN5O3/c25-16-4-9-19-20(12-16)28-23(27-19)24(33)26-13-15-11-22(32)30(14-15)18-7-5-17(6-8-18)29-10-2-1-3-21(29)31/h4-9,12,15H,1-3,10-11,13-14H2,(H,26,33)(H,27,28). The summed E-state index contributed by atoms with van der Waals surface area (Å²) in [6.07, 6.45) is 2.90. The molecule has 170 valence electrons. The van der Waals surface area contributed by atoms with Gasteiger partial charge in [-0.3, -0.25) is 14.4 Å². The number of nitrogens with zero attached hydrogens (tertiary/aromatic N) is 3. The molecule has 2 aliphatic rings. The van der Waals surface area contributed by atoms with Crippen LogP contribution >= 0.6 is 11.6 Å². The number of amides is 3. The molecule has 0 spiro atoms. The maximum Gasteiger partial charge on any atom is 0.287 e. The fraction of sp³-hybridized carbons (Fsp3) is 0.333. The second kappa shape index (κ2) is 8.86. The third-order valence-electron chi connectivity index (χ3n) is 6.21. The summed E-state index contributed by atoms with van der Waals surface area (Å²) in [5.41, 5.74) is 3.04. The van der Waals surface area contributed by atoms with E-state index in [1.54, 1.807) is 23.1 Å². The molecule has 1 atom stereocenters. The zero-order chi connectivity index (χ0) is 22.9. The summed E-state index contributed by atoms with van der Waals surface area (Å²) in [6.45, 7) is 1.64. The fourth-order valence-corrected chi connectivity index (χ4v) is 4.64. The number of imidazole rings is 1. The fourth-order valence-electron chi connectivity index (χ4n) is 4.47. The van der Waals surface area contributed by atoms with Crippen LogP contribution in [0.1, 0.15) is 36.3 Å². The van der Waals surface area contributed by atoms with E-state index >= 15 is 0 Å². The number of halogens is 1. The second-order valence-corrected chi connectivity index (χ2v) is 8.99. The molecular formula is C24H24ClN5O3. The molecule has 0 radical (unpaired) electrons. The maximum absolute atomic E-state index is 12.6. The number of hydrogen-bond acceptors (Lipinski definition) is 4. The van der Waals surface area contributed by atoms with E-state index in [9.17, 15) is 14.4 Å². The quantitative estimate of drug-likeness (QED) is 0.602. The van der Waals surface area contributed by atoms with Crippen molar-refractivity contribution in [3.8, 4) is 0 Å². The number of aromatic amines is 1. The highest BCUT2D eigenvalue weighted by molar-refractivity contribution is 6.31. The summed E-state index contributed by atoms with van der Waals surface area (Å²) in [4.78, 5) is 48.1. The minimum Gasteiger partial charge on any atom is -0.349 e. The summed E-state index contributed by atoms with van der Waals surface area (Å²) in [5, 5.41) is 3.45. The Morgan fingerprint density at radius 2 is 1.82 bits per heavy atom. The molecule has 2 N–H and O–H groups in total. The van der Waals surface area contributed by atoms with E-state index in [0.29, 0.717) is 42.0 Å². The summed E-state index contributed by atoms with van der Waals surface area (Å²) in [6, 6.07) is 12.8. The number of aromatic nitrogens is 2. The minimum atomic E-state index is -0.316. The molecule has 3 amide bonds. The highest BCUT2D eigenvalue weighted by Crippen LogP contribution is 2.28. The number of hydrogen-bond donors (Lipinski definition) is 2. The molecule has 3 aromatic rings. The van der Waals surface area contributed by atoms with Crippen molar-refractivity contribution >= 4 is 51.7 Å². The molecule has 0 aliphatic carbocycles. The van der Waals surface area contributed by atoms with Gasteiger partial charge in [-0.2, -0.15) is 0 Å². The van der Waals surface area contributed by atoms with E-state index < -0.39 is 0 Å². The SMILES string of the molecule is O=C(NCC1CC(=O)N(c2ccc(N3CCCCC3=O)cc2)C1)c1nc2ccc(Cl)cc2[nH]1. The van der Waals surface area contributed by atoms with Crippen molar-refractivity contribution in [3.63, 3.8) is 0 Å². The first-order valence-corrected chi connectivity index (χ1v) is 11.5. The van der Waals surface area contributed by atoms with Gasteiger partial charge in [0.05, 0.1) is 11.0 Å². The molecule has 2 aliphatic heterocycles. The van der Waals surface area contributed by atoms with Crippen LogP contribution in [0.4, 0.5) is 11.4 Å². The van der Waals surface area contributed by atoms with Crippen LogP contribution in [0.5, 0.6) is 0 Å². The van der Waals surface area contributed by atoms with Crippen LogP contribution in [-0.2, 0) is 9.59 Å². The number of rotatable bonds is 5. The topological polar surface area (TPSA) is 98.4 Å². The Kier molecular flexibility index (Phi) is 5.76. The van der Waals surface area contributed by atoms with E-state index in [-0.39, 0.29) is 29.5 Å². The Hall–Kier alpha value is -3.39. The molecule has 2 saturated heterocycles. The summed E-state index contributed by atoms with van der Waals surface area (Å²) >= 11 is 5.98. The number of carbonyl (C=O) groups is 3. The Balaban J connectivity index is 1.19. The average Bonchev–Trinajstić information content (AvgIpc) is 3.41. The van der Waals surface area contributed by atoms with Gasteiger partial charge in [0.1, 0.15) is 0 Å². The minimum absolute atomic E-state index is 0.00335.